The molecule has 0 aliphatic rings. The van der Waals surface area contributed by atoms with Gasteiger partial charge in [0.2, 0.25) is 0 Å². The fraction of sp³-hybridized carbons (Fsp3) is 0.222. The van der Waals surface area contributed by atoms with Gasteiger partial charge in [0, 0.05) is 10.6 Å². The van der Waals surface area contributed by atoms with Gasteiger partial charge in [-0.3, -0.25) is 4.79 Å². The van der Waals surface area contributed by atoms with Crippen molar-refractivity contribution in [3.8, 4) is 0 Å². The van der Waals surface area contributed by atoms with Crippen LogP contribution < -0.4 is 0 Å². The minimum atomic E-state index is -0.956. The van der Waals surface area contributed by atoms with Crippen molar-refractivity contribution in [2.75, 3.05) is 6.67 Å². The van der Waals surface area contributed by atoms with E-state index >= 15 is 0 Å². The SMILES string of the molecule is Cc1cc(Cl)ccc1C(=O)CF. The zero-order valence-electron chi connectivity index (χ0n) is 6.60. The zero-order chi connectivity index (χ0) is 9.14. The Bertz CT molecular complexity index is 309. The van der Waals surface area contributed by atoms with Crippen LogP contribution in [0.25, 0.3) is 0 Å². The second kappa shape index (κ2) is 3.68. The van der Waals surface area contributed by atoms with Crippen LogP contribution in [0.3, 0.4) is 0 Å². The number of carbonyl (C=O) groups is 1. The Labute approximate surface area is 75.2 Å². The molecule has 0 amide bonds. The number of aryl methyl sites for hydroxylation is 1. The van der Waals surface area contributed by atoms with Crippen LogP contribution in [-0.2, 0) is 0 Å². The van der Waals surface area contributed by atoms with Crippen molar-refractivity contribution in [2.45, 2.75) is 6.92 Å². The number of hydrogen-bond acceptors (Lipinski definition) is 1. The van der Waals surface area contributed by atoms with Gasteiger partial charge < -0.3 is 0 Å². The van der Waals surface area contributed by atoms with Crippen LogP contribution in [0.2, 0.25) is 5.02 Å². The van der Waals surface area contributed by atoms with Gasteiger partial charge in [-0.1, -0.05) is 11.6 Å². The summed E-state index contributed by atoms with van der Waals surface area (Å²) in [6, 6.07) is 4.77. The maximum absolute atomic E-state index is 12.0. The first-order valence-electron chi connectivity index (χ1n) is 3.50. The Morgan fingerprint density at radius 2 is 2.25 bits per heavy atom. The molecule has 1 rings (SSSR count). The number of Topliss-reactive ketones (excluding diaryl/α,β-unsaturated/α-hetero) is 1. The van der Waals surface area contributed by atoms with Gasteiger partial charge in [0.15, 0.2) is 12.5 Å². The summed E-state index contributed by atoms with van der Waals surface area (Å²) in [6.45, 7) is 0.775. The second-order valence-electron chi connectivity index (χ2n) is 2.52. The molecule has 0 heterocycles. The lowest BCUT2D eigenvalue weighted by atomic mass is 10.1. The first-order valence-corrected chi connectivity index (χ1v) is 3.88. The van der Waals surface area contributed by atoms with E-state index in [-0.39, 0.29) is 0 Å². The molecule has 0 unspecified atom stereocenters. The van der Waals surface area contributed by atoms with Crippen molar-refractivity contribution >= 4 is 17.4 Å². The van der Waals surface area contributed by atoms with Crippen LogP contribution in [0.4, 0.5) is 4.39 Å². The molecule has 0 saturated carbocycles. The Hall–Kier alpha value is -0.890. The van der Waals surface area contributed by atoms with E-state index < -0.39 is 12.5 Å². The Morgan fingerprint density at radius 3 is 2.75 bits per heavy atom. The lowest BCUT2D eigenvalue weighted by Crippen LogP contribution is -2.02. The number of halogens is 2. The van der Waals surface area contributed by atoms with E-state index in [1.807, 2.05) is 0 Å². The molecule has 0 aromatic heterocycles. The standard InChI is InChI=1S/C9H8ClFO/c1-6-4-7(10)2-3-8(6)9(12)5-11/h2-4H,5H2,1H3. The largest absolute Gasteiger partial charge is 0.291 e. The number of hydrogen-bond donors (Lipinski definition) is 0. The lowest BCUT2D eigenvalue weighted by Gasteiger charge is -2.01. The van der Waals surface area contributed by atoms with Crippen LogP contribution in [0.1, 0.15) is 15.9 Å². The highest BCUT2D eigenvalue weighted by atomic mass is 35.5. The Balaban J connectivity index is 3.09. The predicted molar refractivity (Wildman–Crippen MR) is 46.5 cm³/mol. The van der Waals surface area contributed by atoms with Crippen LogP contribution in [-0.4, -0.2) is 12.5 Å². The molecule has 0 aliphatic carbocycles. The molecule has 0 N–H and O–H groups in total. The molecule has 64 valence electrons. The van der Waals surface area contributed by atoms with E-state index in [9.17, 15) is 9.18 Å². The summed E-state index contributed by atoms with van der Waals surface area (Å²) in [6.07, 6.45) is 0. The minimum Gasteiger partial charge on any atom is -0.291 e. The molecule has 0 aliphatic heterocycles. The monoisotopic (exact) mass is 186 g/mol. The summed E-state index contributed by atoms with van der Waals surface area (Å²) in [5.41, 5.74) is 1.12. The number of benzene rings is 1. The van der Waals surface area contributed by atoms with Crippen LogP contribution in [0.15, 0.2) is 18.2 Å². The van der Waals surface area contributed by atoms with Crippen molar-refractivity contribution in [2.24, 2.45) is 0 Å². The maximum Gasteiger partial charge on any atom is 0.194 e. The molecule has 1 nitrogen and oxygen atoms in total. The number of rotatable bonds is 2. The number of carbonyl (C=O) groups excluding carboxylic acids is 1. The molecule has 0 bridgehead atoms. The molecule has 0 spiro atoms. The molecular weight excluding hydrogens is 179 g/mol. The Morgan fingerprint density at radius 1 is 1.58 bits per heavy atom. The first-order chi connectivity index (χ1) is 5.65. The van der Waals surface area contributed by atoms with Crippen molar-refractivity contribution < 1.29 is 9.18 Å². The third kappa shape index (κ3) is 1.83. The van der Waals surface area contributed by atoms with Crippen molar-refractivity contribution in [3.63, 3.8) is 0 Å². The molecule has 0 radical (unpaired) electrons. The average molecular weight is 187 g/mol. The molecule has 1 aromatic rings. The third-order valence-electron chi connectivity index (χ3n) is 1.61. The molecule has 12 heavy (non-hydrogen) atoms. The van der Waals surface area contributed by atoms with Crippen molar-refractivity contribution in [3.05, 3.63) is 34.3 Å². The van der Waals surface area contributed by atoms with Crippen molar-refractivity contribution in [1.82, 2.24) is 0 Å². The van der Waals surface area contributed by atoms with Gasteiger partial charge >= 0.3 is 0 Å². The van der Waals surface area contributed by atoms with Gasteiger partial charge in [0.1, 0.15) is 0 Å². The fourth-order valence-electron chi connectivity index (χ4n) is 1.01. The maximum atomic E-state index is 12.0. The molecule has 0 atom stereocenters. The quantitative estimate of drug-likeness (QED) is 0.650. The van der Waals surface area contributed by atoms with Gasteiger partial charge in [0.25, 0.3) is 0 Å². The summed E-state index contributed by atoms with van der Waals surface area (Å²) in [7, 11) is 0. The van der Waals surface area contributed by atoms with E-state index in [1.54, 1.807) is 25.1 Å². The zero-order valence-corrected chi connectivity index (χ0v) is 7.36. The topological polar surface area (TPSA) is 17.1 Å². The Kier molecular flexibility index (Phi) is 2.82. The van der Waals surface area contributed by atoms with E-state index in [2.05, 4.69) is 0 Å². The lowest BCUT2D eigenvalue weighted by molar-refractivity contribution is 0.0958. The highest BCUT2D eigenvalue weighted by Gasteiger charge is 2.07. The van der Waals surface area contributed by atoms with Gasteiger partial charge in [-0.25, -0.2) is 4.39 Å². The average Bonchev–Trinajstić information content (AvgIpc) is 2.03. The molecule has 1 aromatic carbocycles. The smallest absolute Gasteiger partial charge is 0.194 e. The summed E-state index contributed by atoms with van der Waals surface area (Å²) < 4.78 is 12.0. The predicted octanol–water partition coefficient (Wildman–Crippen LogP) is 2.80. The van der Waals surface area contributed by atoms with Crippen molar-refractivity contribution in [1.29, 1.82) is 0 Å². The minimum absolute atomic E-state index is 0.405. The van der Waals surface area contributed by atoms with E-state index in [1.165, 1.54) is 0 Å². The van der Waals surface area contributed by atoms with E-state index in [4.69, 9.17) is 11.6 Å². The number of alkyl halides is 1. The highest BCUT2D eigenvalue weighted by molar-refractivity contribution is 6.30. The van der Waals surface area contributed by atoms with Gasteiger partial charge in [-0.05, 0) is 30.7 Å². The molecule has 3 heteroatoms. The molecular formula is C9H8ClFO. The summed E-state index contributed by atoms with van der Waals surface area (Å²) in [5, 5.41) is 0.558. The van der Waals surface area contributed by atoms with Gasteiger partial charge in [-0.15, -0.1) is 0 Å². The van der Waals surface area contributed by atoms with E-state index in [0.717, 1.165) is 0 Å². The van der Waals surface area contributed by atoms with Crippen LogP contribution in [0, 0.1) is 6.92 Å². The summed E-state index contributed by atoms with van der Waals surface area (Å²) in [5.74, 6) is -0.496. The van der Waals surface area contributed by atoms with Gasteiger partial charge in [-0.2, -0.15) is 0 Å². The van der Waals surface area contributed by atoms with Crippen LogP contribution >= 0.6 is 11.6 Å². The summed E-state index contributed by atoms with van der Waals surface area (Å²) in [4.78, 5) is 10.9. The number of ketones is 1. The summed E-state index contributed by atoms with van der Waals surface area (Å²) >= 11 is 5.66. The van der Waals surface area contributed by atoms with Gasteiger partial charge in [0.05, 0.1) is 0 Å². The molecule has 0 fully saturated rings. The molecule has 0 saturated heterocycles. The second-order valence-corrected chi connectivity index (χ2v) is 2.95. The van der Waals surface area contributed by atoms with Crippen LogP contribution in [0.5, 0.6) is 0 Å². The first kappa shape index (κ1) is 9.20. The normalized spacial score (nSPS) is 9.92. The fourth-order valence-corrected chi connectivity index (χ4v) is 1.24. The third-order valence-corrected chi connectivity index (χ3v) is 1.85. The highest BCUT2D eigenvalue weighted by Crippen LogP contribution is 2.15. The van der Waals surface area contributed by atoms with E-state index in [0.29, 0.717) is 16.1 Å².